The smallest absolute Gasteiger partial charge is 0.416 e. The van der Waals surface area contributed by atoms with Gasteiger partial charge in [-0.05, 0) is 60.5 Å². The van der Waals surface area contributed by atoms with Gasteiger partial charge in [0.2, 0.25) is 0 Å². The van der Waals surface area contributed by atoms with Gasteiger partial charge in [0.1, 0.15) is 23.9 Å². The van der Waals surface area contributed by atoms with Crippen LogP contribution in [0, 0.1) is 0 Å². The summed E-state index contributed by atoms with van der Waals surface area (Å²) >= 11 is 0. The van der Waals surface area contributed by atoms with Crippen molar-refractivity contribution >= 4 is 16.8 Å². The molecule has 158 valence electrons. The number of hydrogen-bond acceptors (Lipinski definition) is 3. The fourth-order valence-corrected chi connectivity index (χ4v) is 3.30. The highest BCUT2D eigenvalue weighted by molar-refractivity contribution is 5.85. The summed E-state index contributed by atoms with van der Waals surface area (Å²) in [5, 5.41) is 10.2. The number of fused-ring (bicyclic) bond motifs is 1. The molecule has 0 saturated carbocycles. The van der Waals surface area contributed by atoms with Crippen LogP contribution in [0.25, 0.3) is 27.9 Å². The van der Waals surface area contributed by atoms with E-state index < -0.39 is 11.7 Å². The Balaban J connectivity index is 1.55. The van der Waals surface area contributed by atoms with Gasteiger partial charge in [0, 0.05) is 5.56 Å². The van der Waals surface area contributed by atoms with Gasteiger partial charge in [0.25, 0.3) is 0 Å². The number of aliphatic hydroxyl groups is 1. The quantitative estimate of drug-likeness (QED) is 0.349. The number of nitrogens with one attached hydrogen (secondary N) is 1. The molecular weight excluding hydrogens is 405 g/mol. The minimum atomic E-state index is -4.38. The molecule has 0 aliphatic rings. The van der Waals surface area contributed by atoms with Crippen LogP contribution < -0.4 is 4.74 Å². The van der Waals surface area contributed by atoms with Crippen LogP contribution in [0.2, 0.25) is 0 Å². The number of ether oxygens (including phenoxy) is 1. The van der Waals surface area contributed by atoms with Crippen molar-refractivity contribution in [2.45, 2.75) is 19.7 Å². The fourth-order valence-electron chi connectivity index (χ4n) is 3.30. The molecule has 4 rings (SSSR count). The van der Waals surface area contributed by atoms with Crippen molar-refractivity contribution in [3.8, 4) is 16.9 Å². The normalized spacial score (nSPS) is 12.3. The number of halogens is 3. The summed E-state index contributed by atoms with van der Waals surface area (Å²) in [4.78, 5) is 7.68. The molecule has 7 heteroatoms. The molecule has 1 aromatic heterocycles. The lowest BCUT2D eigenvalue weighted by atomic mass is 9.98. The van der Waals surface area contributed by atoms with Crippen LogP contribution in [-0.2, 0) is 12.8 Å². The molecule has 0 bridgehead atoms. The molecule has 0 fully saturated rings. The van der Waals surface area contributed by atoms with Crippen LogP contribution in [0.4, 0.5) is 13.2 Å². The van der Waals surface area contributed by atoms with E-state index in [9.17, 15) is 18.3 Å². The molecule has 0 spiro atoms. The van der Waals surface area contributed by atoms with E-state index in [1.807, 2.05) is 42.5 Å². The standard InChI is InChI=1S/C24H19F3N2O2/c1-2-22(30)19-6-4-3-5-18(19)15-7-12-20-21(13-15)29-23(28-20)14-31-17-10-8-16(9-11-17)24(25,26)27/h2-13,30H,14H2,1H3,(H,28,29)/b22-2-. The number of benzene rings is 3. The lowest BCUT2D eigenvalue weighted by molar-refractivity contribution is -0.137. The molecule has 0 aliphatic heterocycles. The zero-order valence-electron chi connectivity index (χ0n) is 16.6. The predicted molar refractivity (Wildman–Crippen MR) is 114 cm³/mol. The van der Waals surface area contributed by atoms with E-state index in [1.54, 1.807) is 13.0 Å². The summed E-state index contributed by atoms with van der Waals surface area (Å²) < 4.78 is 43.5. The Labute approximate surface area is 176 Å². The minimum Gasteiger partial charge on any atom is -0.508 e. The van der Waals surface area contributed by atoms with Crippen molar-refractivity contribution in [3.63, 3.8) is 0 Å². The number of hydrogen-bond donors (Lipinski definition) is 2. The van der Waals surface area contributed by atoms with E-state index in [2.05, 4.69) is 9.97 Å². The minimum absolute atomic E-state index is 0.0886. The number of allylic oxidation sites excluding steroid dienone is 1. The van der Waals surface area contributed by atoms with Crippen molar-refractivity contribution < 1.29 is 23.0 Å². The van der Waals surface area contributed by atoms with Crippen molar-refractivity contribution in [1.29, 1.82) is 0 Å². The Morgan fingerprint density at radius 3 is 2.52 bits per heavy atom. The Hall–Kier alpha value is -3.74. The van der Waals surface area contributed by atoms with Gasteiger partial charge < -0.3 is 14.8 Å². The van der Waals surface area contributed by atoms with Crippen molar-refractivity contribution in [3.05, 3.63) is 89.8 Å². The van der Waals surface area contributed by atoms with Gasteiger partial charge in [0.15, 0.2) is 0 Å². The van der Waals surface area contributed by atoms with Gasteiger partial charge >= 0.3 is 6.18 Å². The van der Waals surface area contributed by atoms with E-state index in [0.717, 1.165) is 39.9 Å². The summed E-state index contributed by atoms with van der Waals surface area (Å²) in [6.07, 6.45) is -2.74. The molecule has 0 radical (unpaired) electrons. The summed E-state index contributed by atoms with van der Waals surface area (Å²) in [6.45, 7) is 1.86. The molecule has 4 aromatic rings. The van der Waals surface area contributed by atoms with Crippen LogP contribution in [0.1, 0.15) is 23.9 Å². The summed E-state index contributed by atoms with van der Waals surface area (Å²) in [5.74, 6) is 1.07. The fraction of sp³-hybridized carbons (Fsp3) is 0.125. The lowest BCUT2D eigenvalue weighted by Gasteiger charge is -2.09. The predicted octanol–water partition coefficient (Wildman–Crippen LogP) is 6.75. The molecule has 0 saturated heterocycles. The summed E-state index contributed by atoms with van der Waals surface area (Å²) in [6, 6.07) is 17.8. The molecule has 1 heterocycles. The molecule has 0 amide bonds. The van der Waals surface area contributed by atoms with E-state index in [0.29, 0.717) is 11.6 Å². The first-order chi connectivity index (χ1) is 14.8. The number of aromatic amines is 1. The summed E-state index contributed by atoms with van der Waals surface area (Å²) in [5.41, 5.74) is 3.32. The van der Waals surface area contributed by atoms with Crippen molar-refractivity contribution in [2.75, 3.05) is 0 Å². The van der Waals surface area contributed by atoms with E-state index in [1.165, 1.54) is 12.1 Å². The number of imidazole rings is 1. The van der Waals surface area contributed by atoms with Crippen molar-refractivity contribution in [1.82, 2.24) is 9.97 Å². The molecule has 31 heavy (non-hydrogen) atoms. The molecular formula is C24H19F3N2O2. The number of nitrogens with zero attached hydrogens (tertiary/aromatic N) is 1. The molecule has 3 aromatic carbocycles. The van der Waals surface area contributed by atoms with E-state index in [-0.39, 0.29) is 12.4 Å². The zero-order valence-corrected chi connectivity index (χ0v) is 16.6. The molecule has 4 nitrogen and oxygen atoms in total. The Morgan fingerprint density at radius 1 is 1.06 bits per heavy atom. The van der Waals surface area contributed by atoms with Gasteiger partial charge in [-0.3, -0.25) is 0 Å². The maximum atomic E-state index is 12.7. The van der Waals surface area contributed by atoms with Gasteiger partial charge in [0.05, 0.1) is 16.6 Å². The molecule has 2 N–H and O–H groups in total. The average Bonchev–Trinajstić information content (AvgIpc) is 3.19. The maximum absolute atomic E-state index is 12.7. The van der Waals surface area contributed by atoms with E-state index in [4.69, 9.17) is 4.74 Å². The monoisotopic (exact) mass is 424 g/mol. The van der Waals surface area contributed by atoms with Crippen LogP contribution in [0.3, 0.4) is 0 Å². The number of aromatic nitrogens is 2. The third-order valence-corrected chi connectivity index (χ3v) is 4.88. The Morgan fingerprint density at radius 2 is 1.81 bits per heavy atom. The Kier molecular flexibility index (Phi) is 5.42. The highest BCUT2D eigenvalue weighted by Gasteiger charge is 2.30. The van der Waals surface area contributed by atoms with Crippen LogP contribution in [0.5, 0.6) is 5.75 Å². The number of alkyl halides is 3. The number of rotatable bonds is 5. The van der Waals surface area contributed by atoms with Gasteiger partial charge in [-0.15, -0.1) is 0 Å². The number of aliphatic hydroxyl groups excluding tert-OH is 1. The first-order valence-corrected chi connectivity index (χ1v) is 9.59. The van der Waals surface area contributed by atoms with Gasteiger partial charge in [-0.2, -0.15) is 13.2 Å². The third-order valence-electron chi connectivity index (χ3n) is 4.88. The second-order valence-electron chi connectivity index (χ2n) is 6.95. The lowest BCUT2D eigenvalue weighted by Crippen LogP contribution is -2.04. The highest BCUT2D eigenvalue weighted by Crippen LogP contribution is 2.31. The molecule has 0 aliphatic carbocycles. The van der Waals surface area contributed by atoms with Crippen LogP contribution in [-0.4, -0.2) is 15.1 Å². The topological polar surface area (TPSA) is 58.1 Å². The molecule has 0 unspecified atom stereocenters. The SMILES string of the molecule is C/C=C(\O)c1ccccc1-c1ccc2[nH]c(COc3ccc(C(F)(F)F)cc3)nc2c1. The van der Waals surface area contributed by atoms with E-state index >= 15 is 0 Å². The average molecular weight is 424 g/mol. The van der Waals surface area contributed by atoms with Crippen molar-refractivity contribution in [2.24, 2.45) is 0 Å². The largest absolute Gasteiger partial charge is 0.508 e. The van der Waals surface area contributed by atoms with Crippen LogP contribution in [0.15, 0.2) is 72.8 Å². The van der Waals surface area contributed by atoms with Gasteiger partial charge in [-0.25, -0.2) is 4.98 Å². The maximum Gasteiger partial charge on any atom is 0.416 e. The second-order valence-corrected chi connectivity index (χ2v) is 6.95. The summed E-state index contributed by atoms with van der Waals surface area (Å²) in [7, 11) is 0. The number of H-pyrrole nitrogens is 1. The zero-order chi connectivity index (χ0) is 22.0. The second kappa shape index (κ2) is 8.18. The molecule has 0 atom stereocenters. The first kappa shape index (κ1) is 20.5. The van der Waals surface area contributed by atoms with Crippen LogP contribution >= 0.6 is 0 Å². The Bertz CT molecular complexity index is 1240. The third kappa shape index (κ3) is 4.40. The first-order valence-electron chi connectivity index (χ1n) is 9.59. The van der Waals surface area contributed by atoms with Gasteiger partial charge in [-0.1, -0.05) is 30.3 Å². The highest BCUT2D eigenvalue weighted by atomic mass is 19.4.